The minimum Gasteiger partial charge on any atom is -0.494 e. The number of ether oxygens (including phenoxy) is 1. The van der Waals surface area contributed by atoms with Crippen LogP contribution in [-0.4, -0.2) is 17.5 Å². The van der Waals surface area contributed by atoms with Crippen LogP contribution in [0.4, 0.5) is 0 Å². The highest BCUT2D eigenvalue weighted by Crippen LogP contribution is 2.40. The zero-order valence-electron chi connectivity index (χ0n) is 11.8. The Kier molecular flexibility index (Phi) is 3.52. The molecular formula is C17H16O4. The summed E-state index contributed by atoms with van der Waals surface area (Å²) in [5.41, 5.74) is 2.14. The molecule has 0 spiro atoms. The molecule has 3 rings (SSSR count). The van der Waals surface area contributed by atoms with Gasteiger partial charge in [-0.05, 0) is 36.3 Å². The van der Waals surface area contributed by atoms with Gasteiger partial charge in [0.05, 0.1) is 12.2 Å². The van der Waals surface area contributed by atoms with Crippen LogP contribution in [0.5, 0.6) is 11.7 Å². The van der Waals surface area contributed by atoms with Crippen LogP contribution in [-0.2, 0) is 11.2 Å². The van der Waals surface area contributed by atoms with Gasteiger partial charge in [-0.25, -0.2) is 0 Å². The largest absolute Gasteiger partial charge is 0.494 e. The van der Waals surface area contributed by atoms with E-state index in [0.29, 0.717) is 17.9 Å². The lowest BCUT2D eigenvalue weighted by molar-refractivity contribution is -0.114. The summed E-state index contributed by atoms with van der Waals surface area (Å²) in [6, 6.07) is 7.42. The molecule has 4 heteroatoms. The summed E-state index contributed by atoms with van der Waals surface area (Å²) in [6.45, 7) is 2.72. The van der Waals surface area contributed by atoms with Crippen LogP contribution in [0.25, 0.3) is 17.2 Å². The fourth-order valence-electron chi connectivity index (χ4n) is 2.42. The number of allylic oxidation sites excluding steroid dienone is 1. The highest BCUT2D eigenvalue weighted by molar-refractivity contribution is 6.00. The molecule has 2 aromatic rings. The molecule has 0 radical (unpaired) electrons. The van der Waals surface area contributed by atoms with Gasteiger partial charge < -0.3 is 14.3 Å². The van der Waals surface area contributed by atoms with Gasteiger partial charge in [0.25, 0.3) is 5.95 Å². The Bertz CT molecular complexity index is 692. The van der Waals surface area contributed by atoms with Gasteiger partial charge >= 0.3 is 0 Å². The van der Waals surface area contributed by atoms with Crippen LogP contribution in [0.1, 0.15) is 24.7 Å². The Morgan fingerprint density at radius 3 is 2.71 bits per heavy atom. The molecule has 0 saturated heterocycles. The number of furan rings is 1. The summed E-state index contributed by atoms with van der Waals surface area (Å²) < 4.78 is 10.9. The Labute approximate surface area is 122 Å². The van der Waals surface area contributed by atoms with E-state index in [4.69, 9.17) is 9.15 Å². The zero-order chi connectivity index (χ0) is 14.8. The zero-order valence-corrected chi connectivity index (χ0v) is 11.8. The maximum absolute atomic E-state index is 11.6. The van der Waals surface area contributed by atoms with Gasteiger partial charge in [-0.2, -0.15) is 0 Å². The predicted molar refractivity (Wildman–Crippen MR) is 79.3 cm³/mol. The van der Waals surface area contributed by atoms with E-state index in [2.05, 4.69) is 6.92 Å². The number of fused-ring (bicyclic) bond motifs is 1. The van der Waals surface area contributed by atoms with Crippen molar-refractivity contribution in [3.05, 3.63) is 41.7 Å². The van der Waals surface area contributed by atoms with Crippen LogP contribution in [0.2, 0.25) is 0 Å². The first kappa shape index (κ1) is 13.5. The number of hydrogen-bond acceptors (Lipinski definition) is 4. The Morgan fingerprint density at radius 2 is 2.00 bits per heavy atom. The minimum atomic E-state index is -0.151. The molecule has 0 saturated carbocycles. The molecular weight excluding hydrogens is 268 g/mol. The molecule has 0 bridgehead atoms. The first-order valence-corrected chi connectivity index (χ1v) is 6.98. The lowest BCUT2D eigenvalue weighted by Crippen LogP contribution is -2.04. The molecule has 0 amide bonds. The third-order valence-electron chi connectivity index (χ3n) is 3.41. The summed E-state index contributed by atoms with van der Waals surface area (Å²) in [4.78, 5) is 11.6. The van der Waals surface area contributed by atoms with Crippen LogP contribution in [0, 0.1) is 0 Å². The van der Waals surface area contributed by atoms with Crippen LogP contribution in [0.15, 0.2) is 34.8 Å². The molecule has 1 heterocycles. The highest BCUT2D eigenvalue weighted by Gasteiger charge is 2.24. The summed E-state index contributed by atoms with van der Waals surface area (Å²) in [7, 11) is 0. The summed E-state index contributed by atoms with van der Waals surface area (Å²) in [5.74, 6) is 1.19. The summed E-state index contributed by atoms with van der Waals surface area (Å²) in [6.07, 6.45) is 4.27. The van der Waals surface area contributed by atoms with Crippen molar-refractivity contribution in [2.24, 2.45) is 0 Å². The van der Waals surface area contributed by atoms with E-state index in [1.807, 2.05) is 24.3 Å². The van der Waals surface area contributed by atoms with Crippen molar-refractivity contribution in [2.75, 3.05) is 6.61 Å². The van der Waals surface area contributed by atoms with Gasteiger partial charge in [0.2, 0.25) is 0 Å². The SMILES string of the molecule is CCCOc1ccc(-c2c(O)oc3c2CC(=O)C=C3)cc1. The van der Waals surface area contributed by atoms with Gasteiger partial charge in [0.15, 0.2) is 5.78 Å². The topological polar surface area (TPSA) is 59.7 Å². The van der Waals surface area contributed by atoms with E-state index in [1.54, 1.807) is 6.08 Å². The van der Waals surface area contributed by atoms with Crippen LogP contribution in [0.3, 0.4) is 0 Å². The molecule has 4 nitrogen and oxygen atoms in total. The van der Waals surface area contributed by atoms with Crippen molar-refractivity contribution in [3.63, 3.8) is 0 Å². The van der Waals surface area contributed by atoms with E-state index in [1.165, 1.54) is 6.08 Å². The fourth-order valence-corrected chi connectivity index (χ4v) is 2.42. The Hall–Kier alpha value is -2.49. The lowest BCUT2D eigenvalue weighted by atomic mass is 9.95. The third-order valence-corrected chi connectivity index (χ3v) is 3.41. The number of carbonyl (C=O) groups excluding carboxylic acids is 1. The molecule has 1 N–H and O–H groups in total. The van der Waals surface area contributed by atoms with Gasteiger partial charge in [0, 0.05) is 12.0 Å². The van der Waals surface area contributed by atoms with Crippen molar-refractivity contribution < 1.29 is 19.1 Å². The van der Waals surface area contributed by atoms with E-state index in [9.17, 15) is 9.90 Å². The molecule has 1 aliphatic rings. The average molecular weight is 284 g/mol. The van der Waals surface area contributed by atoms with Gasteiger partial charge in [-0.15, -0.1) is 0 Å². The maximum atomic E-state index is 11.6. The van der Waals surface area contributed by atoms with Gasteiger partial charge in [-0.3, -0.25) is 4.79 Å². The van der Waals surface area contributed by atoms with Crippen molar-refractivity contribution in [2.45, 2.75) is 19.8 Å². The van der Waals surface area contributed by atoms with E-state index in [-0.39, 0.29) is 18.2 Å². The molecule has 0 fully saturated rings. The first-order chi connectivity index (χ1) is 10.2. The molecule has 21 heavy (non-hydrogen) atoms. The van der Waals surface area contributed by atoms with E-state index >= 15 is 0 Å². The molecule has 0 aliphatic heterocycles. The smallest absolute Gasteiger partial charge is 0.290 e. The molecule has 1 aromatic carbocycles. The second-order valence-electron chi connectivity index (χ2n) is 4.97. The van der Waals surface area contributed by atoms with Crippen molar-refractivity contribution >= 4 is 11.9 Å². The molecule has 0 unspecified atom stereocenters. The number of carbonyl (C=O) groups is 1. The maximum Gasteiger partial charge on any atom is 0.290 e. The summed E-state index contributed by atoms with van der Waals surface area (Å²) >= 11 is 0. The molecule has 108 valence electrons. The van der Waals surface area contributed by atoms with Crippen molar-refractivity contribution in [3.8, 4) is 22.8 Å². The Morgan fingerprint density at radius 1 is 1.24 bits per heavy atom. The second kappa shape index (κ2) is 5.48. The normalized spacial score (nSPS) is 13.3. The van der Waals surface area contributed by atoms with E-state index < -0.39 is 0 Å². The number of ketones is 1. The third kappa shape index (κ3) is 2.57. The minimum absolute atomic E-state index is 0.00690. The standard InChI is InChI=1S/C17H16O4/c1-2-9-20-13-6-3-11(4-7-13)16-14-10-12(18)5-8-15(14)21-17(16)19/h3-8,19H,2,9-10H2,1H3. The van der Waals surface area contributed by atoms with Gasteiger partial charge in [0.1, 0.15) is 11.5 Å². The summed E-state index contributed by atoms with van der Waals surface area (Å²) in [5, 5.41) is 10.0. The molecule has 0 atom stereocenters. The van der Waals surface area contributed by atoms with Crippen LogP contribution < -0.4 is 4.74 Å². The molecule has 1 aromatic heterocycles. The van der Waals surface area contributed by atoms with Crippen LogP contribution >= 0.6 is 0 Å². The average Bonchev–Trinajstić information content (AvgIpc) is 2.81. The lowest BCUT2D eigenvalue weighted by Gasteiger charge is -2.08. The van der Waals surface area contributed by atoms with Gasteiger partial charge in [-0.1, -0.05) is 19.1 Å². The van der Waals surface area contributed by atoms with E-state index in [0.717, 1.165) is 23.3 Å². The number of benzene rings is 1. The Balaban J connectivity index is 1.96. The van der Waals surface area contributed by atoms with Crippen molar-refractivity contribution in [1.29, 1.82) is 0 Å². The number of rotatable bonds is 4. The number of aromatic hydroxyl groups is 1. The second-order valence-corrected chi connectivity index (χ2v) is 4.97. The fraction of sp³-hybridized carbons (Fsp3) is 0.235. The number of hydrogen-bond donors (Lipinski definition) is 1. The highest BCUT2D eigenvalue weighted by atomic mass is 16.5. The monoisotopic (exact) mass is 284 g/mol. The van der Waals surface area contributed by atoms with Crippen molar-refractivity contribution in [1.82, 2.24) is 0 Å². The quantitative estimate of drug-likeness (QED) is 0.932. The molecule has 1 aliphatic carbocycles. The predicted octanol–water partition coefficient (Wildman–Crippen LogP) is 3.58. The first-order valence-electron chi connectivity index (χ1n) is 6.98.